The summed E-state index contributed by atoms with van der Waals surface area (Å²) in [6, 6.07) is 8.42. The molecule has 2 rings (SSSR count). The van der Waals surface area contributed by atoms with Crippen LogP contribution in [-0.2, 0) is 4.79 Å². The van der Waals surface area contributed by atoms with E-state index in [4.69, 9.17) is 5.73 Å². The van der Waals surface area contributed by atoms with Crippen molar-refractivity contribution in [2.45, 2.75) is 38.8 Å². The molecule has 1 aromatic rings. The van der Waals surface area contributed by atoms with Crippen molar-refractivity contribution in [2.75, 3.05) is 25.9 Å². The molecule has 3 unspecified atom stereocenters. The maximum absolute atomic E-state index is 12.7. The van der Waals surface area contributed by atoms with Crippen LogP contribution in [0, 0.1) is 0 Å². The van der Waals surface area contributed by atoms with Crippen molar-refractivity contribution in [3.05, 3.63) is 29.8 Å². The Bertz CT molecular complexity index is 476. The van der Waals surface area contributed by atoms with Gasteiger partial charge in [-0.3, -0.25) is 9.69 Å². The van der Waals surface area contributed by atoms with E-state index in [-0.39, 0.29) is 11.8 Å². The molecule has 0 radical (unpaired) electrons. The highest BCUT2D eigenvalue weighted by Crippen LogP contribution is 2.23. The van der Waals surface area contributed by atoms with Crippen molar-refractivity contribution in [3.63, 3.8) is 0 Å². The first kappa shape index (κ1) is 14.9. The third-order valence-electron chi connectivity index (χ3n) is 4.45. The molecule has 1 aliphatic rings. The first-order valence-corrected chi connectivity index (χ1v) is 7.26. The first-order valence-electron chi connectivity index (χ1n) is 7.26. The summed E-state index contributed by atoms with van der Waals surface area (Å²) in [5.74, 6) is 0.0590. The van der Waals surface area contributed by atoms with Crippen LogP contribution in [0.3, 0.4) is 0 Å². The minimum atomic E-state index is -0.138. The van der Waals surface area contributed by atoms with Gasteiger partial charge in [-0.05, 0) is 45.5 Å². The van der Waals surface area contributed by atoms with Gasteiger partial charge in [0.1, 0.15) is 0 Å². The molecular formula is C16H25N3O. The largest absolute Gasteiger partial charge is 0.399 e. The Labute approximate surface area is 121 Å². The van der Waals surface area contributed by atoms with Gasteiger partial charge in [0.25, 0.3) is 0 Å². The summed E-state index contributed by atoms with van der Waals surface area (Å²) in [5, 5.41) is 0. The first-order chi connectivity index (χ1) is 9.40. The standard InChI is InChI=1S/C16H25N3O/c1-11-9-19(10-12(2)18(11)4)16(20)13(3)14-6-5-7-15(17)8-14/h5-8,11-13H,9-10,17H2,1-4H3. The minimum Gasteiger partial charge on any atom is -0.399 e. The van der Waals surface area contributed by atoms with E-state index in [0.717, 1.165) is 18.7 Å². The quantitative estimate of drug-likeness (QED) is 0.839. The molecule has 2 N–H and O–H groups in total. The Balaban J connectivity index is 2.11. The molecule has 1 heterocycles. The van der Waals surface area contributed by atoms with Crippen LogP contribution in [-0.4, -0.2) is 47.9 Å². The number of piperazine rings is 1. The summed E-state index contributed by atoms with van der Waals surface area (Å²) in [4.78, 5) is 17.0. The average Bonchev–Trinajstić information content (AvgIpc) is 2.42. The second-order valence-corrected chi connectivity index (χ2v) is 6.00. The predicted molar refractivity (Wildman–Crippen MR) is 82.5 cm³/mol. The van der Waals surface area contributed by atoms with Crippen molar-refractivity contribution in [3.8, 4) is 0 Å². The molecule has 4 nitrogen and oxygen atoms in total. The van der Waals surface area contributed by atoms with E-state index in [1.54, 1.807) is 0 Å². The lowest BCUT2D eigenvalue weighted by Gasteiger charge is -2.43. The van der Waals surface area contributed by atoms with Gasteiger partial charge >= 0.3 is 0 Å². The van der Waals surface area contributed by atoms with Gasteiger partial charge in [-0.2, -0.15) is 0 Å². The summed E-state index contributed by atoms with van der Waals surface area (Å²) in [6.07, 6.45) is 0. The van der Waals surface area contributed by atoms with E-state index in [1.165, 1.54) is 0 Å². The minimum absolute atomic E-state index is 0.138. The van der Waals surface area contributed by atoms with E-state index in [0.29, 0.717) is 17.8 Å². The van der Waals surface area contributed by atoms with Crippen molar-refractivity contribution < 1.29 is 4.79 Å². The molecule has 0 bridgehead atoms. The van der Waals surface area contributed by atoms with Crippen molar-refractivity contribution in [1.29, 1.82) is 0 Å². The molecule has 20 heavy (non-hydrogen) atoms. The van der Waals surface area contributed by atoms with Crippen LogP contribution in [0.5, 0.6) is 0 Å². The zero-order valence-electron chi connectivity index (χ0n) is 12.8. The number of nitrogen functional groups attached to an aromatic ring is 1. The van der Waals surface area contributed by atoms with Crippen molar-refractivity contribution >= 4 is 11.6 Å². The number of hydrogen-bond donors (Lipinski definition) is 1. The number of carbonyl (C=O) groups excluding carboxylic acids is 1. The van der Waals surface area contributed by atoms with Crippen molar-refractivity contribution in [1.82, 2.24) is 9.80 Å². The Kier molecular flexibility index (Phi) is 4.33. The molecule has 1 aromatic carbocycles. The van der Waals surface area contributed by atoms with E-state index < -0.39 is 0 Å². The van der Waals surface area contributed by atoms with Gasteiger partial charge in [0.15, 0.2) is 0 Å². The number of rotatable bonds is 2. The fourth-order valence-corrected chi connectivity index (χ4v) is 2.83. The predicted octanol–water partition coefficient (Wildman–Crippen LogP) is 1.92. The lowest BCUT2D eigenvalue weighted by Crippen LogP contribution is -2.57. The summed E-state index contributed by atoms with van der Waals surface area (Å²) in [6.45, 7) is 7.89. The lowest BCUT2D eigenvalue weighted by molar-refractivity contribution is -0.136. The van der Waals surface area contributed by atoms with E-state index in [2.05, 4.69) is 25.8 Å². The molecule has 1 aliphatic heterocycles. The molecular weight excluding hydrogens is 250 g/mol. The second-order valence-electron chi connectivity index (χ2n) is 6.00. The van der Waals surface area contributed by atoms with Gasteiger partial charge in [0.05, 0.1) is 5.92 Å². The van der Waals surface area contributed by atoms with Crippen LogP contribution in [0.2, 0.25) is 0 Å². The molecule has 0 aliphatic carbocycles. The van der Waals surface area contributed by atoms with Gasteiger partial charge in [0.2, 0.25) is 5.91 Å². The SMILES string of the molecule is CC(C(=O)N1CC(C)N(C)C(C)C1)c1cccc(N)c1. The van der Waals surface area contributed by atoms with E-state index in [1.807, 2.05) is 36.1 Å². The number of anilines is 1. The van der Waals surface area contributed by atoms with E-state index >= 15 is 0 Å². The maximum atomic E-state index is 12.7. The molecule has 110 valence electrons. The van der Waals surface area contributed by atoms with Crippen LogP contribution in [0.25, 0.3) is 0 Å². The summed E-state index contributed by atoms with van der Waals surface area (Å²) < 4.78 is 0. The highest BCUT2D eigenvalue weighted by molar-refractivity contribution is 5.83. The summed E-state index contributed by atoms with van der Waals surface area (Å²) in [5.41, 5.74) is 7.51. The van der Waals surface area contributed by atoms with Gasteiger partial charge < -0.3 is 10.6 Å². The fourth-order valence-electron chi connectivity index (χ4n) is 2.83. The Morgan fingerprint density at radius 3 is 2.45 bits per heavy atom. The van der Waals surface area contributed by atoms with E-state index in [9.17, 15) is 4.79 Å². The lowest BCUT2D eigenvalue weighted by atomic mass is 9.97. The number of nitrogens with two attached hydrogens (primary N) is 1. The molecule has 1 saturated heterocycles. The number of benzene rings is 1. The van der Waals surface area contributed by atoms with Gasteiger partial charge in [-0.25, -0.2) is 0 Å². The molecule has 1 fully saturated rings. The maximum Gasteiger partial charge on any atom is 0.229 e. The molecule has 0 aromatic heterocycles. The topological polar surface area (TPSA) is 49.6 Å². The number of amides is 1. The molecule has 4 heteroatoms. The van der Waals surface area contributed by atoms with Crippen LogP contribution >= 0.6 is 0 Å². The molecule has 0 saturated carbocycles. The third kappa shape index (κ3) is 2.96. The Morgan fingerprint density at radius 2 is 1.90 bits per heavy atom. The fraction of sp³-hybridized carbons (Fsp3) is 0.562. The Hall–Kier alpha value is -1.55. The third-order valence-corrected chi connectivity index (χ3v) is 4.45. The van der Waals surface area contributed by atoms with Gasteiger partial charge in [-0.15, -0.1) is 0 Å². The van der Waals surface area contributed by atoms with Crippen LogP contribution in [0.4, 0.5) is 5.69 Å². The molecule has 3 atom stereocenters. The average molecular weight is 275 g/mol. The number of carbonyl (C=O) groups is 1. The Morgan fingerprint density at radius 1 is 1.30 bits per heavy atom. The monoisotopic (exact) mass is 275 g/mol. The number of hydrogen-bond acceptors (Lipinski definition) is 3. The van der Waals surface area contributed by atoms with Crippen molar-refractivity contribution in [2.24, 2.45) is 0 Å². The van der Waals surface area contributed by atoms with Crippen LogP contribution in [0.15, 0.2) is 24.3 Å². The number of nitrogens with zero attached hydrogens (tertiary/aromatic N) is 2. The summed E-state index contributed by atoms with van der Waals surface area (Å²) in [7, 11) is 2.12. The molecule has 0 spiro atoms. The molecule has 1 amide bonds. The highest BCUT2D eigenvalue weighted by Gasteiger charge is 2.31. The van der Waals surface area contributed by atoms with Crippen LogP contribution in [0.1, 0.15) is 32.3 Å². The summed E-state index contributed by atoms with van der Waals surface area (Å²) >= 11 is 0. The zero-order chi connectivity index (χ0) is 14.9. The van der Waals surface area contributed by atoms with Crippen LogP contribution < -0.4 is 5.73 Å². The second kappa shape index (κ2) is 5.83. The smallest absolute Gasteiger partial charge is 0.229 e. The zero-order valence-corrected chi connectivity index (χ0v) is 12.8. The van der Waals surface area contributed by atoms with Gasteiger partial charge in [-0.1, -0.05) is 12.1 Å². The normalized spacial score (nSPS) is 25.5. The highest BCUT2D eigenvalue weighted by atomic mass is 16.2. The van der Waals surface area contributed by atoms with Gasteiger partial charge in [0, 0.05) is 30.9 Å². The number of likely N-dealkylation sites (N-methyl/N-ethyl adjacent to an activating group) is 1.